The van der Waals surface area contributed by atoms with E-state index in [-0.39, 0.29) is 25.7 Å². The Balaban J connectivity index is 3.61. The SMILES string of the molecule is CCC(=O)OCCC#CC#CCCOC(=O)CN=[N+]=[N-]. The lowest BCUT2D eigenvalue weighted by Gasteiger charge is -1.97. The van der Waals surface area contributed by atoms with Crippen LogP contribution >= 0.6 is 0 Å². The first-order valence-corrected chi connectivity index (χ1v) is 5.98. The highest BCUT2D eigenvalue weighted by molar-refractivity contribution is 5.71. The van der Waals surface area contributed by atoms with E-state index in [1.807, 2.05) is 0 Å². The number of nitrogens with zero attached hydrogens (tertiary/aromatic N) is 3. The summed E-state index contributed by atoms with van der Waals surface area (Å²) in [6.07, 6.45) is 1.13. The highest BCUT2D eigenvalue weighted by Gasteiger charge is 1.97. The van der Waals surface area contributed by atoms with Crippen molar-refractivity contribution in [1.82, 2.24) is 0 Å². The van der Waals surface area contributed by atoms with Gasteiger partial charge in [-0.25, -0.2) is 0 Å². The van der Waals surface area contributed by atoms with Gasteiger partial charge in [0.15, 0.2) is 0 Å². The molecule has 0 unspecified atom stereocenters. The van der Waals surface area contributed by atoms with Gasteiger partial charge in [-0.2, -0.15) is 0 Å². The van der Waals surface area contributed by atoms with E-state index in [1.165, 1.54) is 0 Å². The Morgan fingerprint density at radius 3 is 2.15 bits per heavy atom. The first kappa shape index (κ1) is 17.4. The number of carbonyl (C=O) groups excluding carboxylic acids is 2. The van der Waals surface area contributed by atoms with Gasteiger partial charge in [0.25, 0.3) is 0 Å². The molecule has 0 aromatic rings. The molecule has 0 aliphatic rings. The molecule has 0 aromatic carbocycles. The smallest absolute Gasteiger partial charge is 0.311 e. The molecule has 7 heteroatoms. The molecular formula is C13H15N3O4. The summed E-state index contributed by atoms with van der Waals surface area (Å²) in [6.45, 7) is 1.79. The fraction of sp³-hybridized carbons (Fsp3) is 0.538. The lowest BCUT2D eigenvalue weighted by molar-refractivity contribution is -0.143. The average Bonchev–Trinajstić information content (AvgIpc) is 2.46. The largest absolute Gasteiger partial charge is 0.465 e. The van der Waals surface area contributed by atoms with Gasteiger partial charge in [-0.05, 0) is 17.4 Å². The van der Waals surface area contributed by atoms with E-state index in [0.717, 1.165) is 0 Å². The monoisotopic (exact) mass is 277 g/mol. The molecule has 0 N–H and O–H groups in total. The maximum absolute atomic E-state index is 10.9. The Labute approximate surface area is 117 Å². The molecule has 0 saturated heterocycles. The Morgan fingerprint density at radius 1 is 1.10 bits per heavy atom. The van der Waals surface area contributed by atoms with Gasteiger partial charge in [-0.3, -0.25) is 9.59 Å². The minimum Gasteiger partial charge on any atom is -0.465 e. The lowest BCUT2D eigenvalue weighted by atomic mass is 10.4. The predicted octanol–water partition coefficient (Wildman–Crippen LogP) is 1.58. The maximum Gasteiger partial charge on any atom is 0.311 e. The van der Waals surface area contributed by atoms with Crippen LogP contribution in [0.4, 0.5) is 0 Å². The zero-order valence-electron chi connectivity index (χ0n) is 11.2. The quantitative estimate of drug-likeness (QED) is 0.176. The van der Waals surface area contributed by atoms with E-state index in [4.69, 9.17) is 15.0 Å². The van der Waals surface area contributed by atoms with E-state index in [1.54, 1.807) is 6.92 Å². The molecule has 0 aromatic heterocycles. The van der Waals surface area contributed by atoms with Crippen LogP contribution in [0.1, 0.15) is 26.2 Å². The standard InChI is InChI=1S/C13H15N3O4/c1-2-12(17)19-9-7-5-3-4-6-8-10-20-13(18)11-15-16-14/h2,7-11H2,1H3. The third kappa shape index (κ3) is 11.8. The first-order chi connectivity index (χ1) is 9.70. The van der Waals surface area contributed by atoms with Gasteiger partial charge in [0.05, 0.1) is 0 Å². The van der Waals surface area contributed by atoms with Crippen LogP contribution in [0, 0.1) is 23.7 Å². The highest BCUT2D eigenvalue weighted by Crippen LogP contribution is 1.86. The van der Waals surface area contributed by atoms with Gasteiger partial charge >= 0.3 is 11.9 Å². The number of hydrogen-bond donors (Lipinski definition) is 0. The Hall–Kier alpha value is -2.63. The molecule has 20 heavy (non-hydrogen) atoms. The van der Waals surface area contributed by atoms with Crippen molar-refractivity contribution < 1.29 is 19.1 Å². The van der Waals surface area contributed by atoms with E-state index >= 15 is 0 Å². The van der Waals surface area contributed by atoms with Crippen molar-refractivity contribution in [3.8, 4) is 23.7 Å². The van der Waals surface area contributed by atoms with Crippen LogP contribution in [-0.2, 0) is 19.1 Å². The number of rotatable bonds is 7. The van der Waals surface area contributed by atoms with Crippen molar-refractivity contribution >= 4 is 11.9 Å². The third-order valence-electron chi connectivity index (χ3n) is 1.77. The normalized spacial score (nSPS) is 8.05. The van der Waals surface area contributed by atoms with Gasteiger partial charge < -0.3 is 9.47 Å². The molecule has 0 atom stereocenters. The molecule has 0 bridgehead atoms. The molecule has 0 rings (SSSR count). The summed E-state index contributed by atoms with van der Waals surface area (Å²) in [5, 5.41) is 3.06. The van der Waals surface area contributed by atoms with E-state index in [9.17, 15) is 9.59 Å². The number of azide groups is 1. The van der Waals surface area contributed by atoms with Crippen LogP contribution in [0.2, 0.25) is 0 Å². The van der Waals surface area contributed by atoms with Gasteiger partial charge in [0.1, 0.15) is 19.8 Å². The predicted molar refractivity (Wildman–Crippen MR) is 71.0 cm³/mol. The molecular weight excluding hydrogens is 262 g/mol. The summed E-state index contributed by atoms with van der Waals surface area (Å²) in [5.74, 6) is 9.75. The Kier molecular flexibility index (Phi) is 11.1. The van der Waals surface area contributed by atoms with Gasteiger partial charge in [0, 0.05) is 24.2 Å². The molecule has 0 aliphatic heterocycles. The van der Waals surface area contributed by atoms with Crippen LogP contribution in [-0.4, -0.2) is 31.7 Å². The van der Waals surface area contributed by atoms with Crippen LogP contribution in [0.25, 0.3) is 10.4 Å². The Bertz CT molecular complexity index is 487. The van der Waals surface area contributed by atoms with E-state index in [0.29, 0.717) is 19.3 Å². The van der Waals surface area contributed by atoms with Crippen molar-refractivity contribution in [2.24, 2.45) is 5.11 Å². The minimum atomic E-state index is -0.589. The third-order valence-corrected chi connectivity index (χ3v) is 1.77. The second-order valence-corrected chi connectivity index (χ2v) is 3.29. The maximum atomic E-state index is 10.9. The number of ether oxygens (including phenoxy) is 2. The van der Waals surface area contributed by atoms with Gasteiger partial charge in [0.2, 0.25) is 0 Å². The van der Waals surface area contributed by atoms with Crippen LogP contribution in [0.15, 0.2) is 5.11 Å². The second kappa shape index (κ2) is 12.8. The summed E-state index contributed by atoms with van der Waals surface area (Å²) in [5.41, 5.74) is 7.98. The molecule has 0 aliphatic carbocycles. The van der Waals surface area contributed by atoms with Gasteiger partial charge in [-0.1, -0.05) is 23.9 Å². The molecule has 0 spiro atoms. The molecule has 7 nitrogen and oxygen atoms in total. The number of esters is 2. The minimum absolute atomic E-state index is 0.128. The zero-order chi connectivity index (χ0) is 15.1. The molecule has 106 valence electrons. The van der Waals surface area contributed by atoms with Crippen molar-refractivity contribution in [1.29, 1.82) is 0 Å². The lowest BCUT2D eigenvalue weighted by Crippen LogP contribution is -2.08. The van der Waals surface area contributed by atoms with Crippen molar-refractivity contribution in [3.05, 3.63) is 10.4 Å². The summed E-state index contributed by atoms with van der Waals surface area (Å²) in [7, 11) is 0. The zero-order valence-corrected chi connectivity index (χ0v) is 11.2. The average molecular weight is 277 g/mol. The fourth-order valence-electron chi connectivity index (χ4n) is 0.882. The summed E-state index contributed by atoms with van der Waals surface area (Å²) < 4.78 is 9.53. The van der Waals surface area contributed by atoms with Gasteiger partial charge in [-0.15, -0.1) is 0 Å². The summed E-state index contributed by atoms with van der Waals surface area (Å²) in [4.78, 5) is 24.1. The van der Waals surface area contributed by atoms with Crippen molar-refractivity contribution in [3.63, 3.8) is 0 Å². The van der Waals surface area contributed by atoms with Crippen LogP contribution < -0.4 is 0 Å². The van der Waals surface area contributed by atoms with E-state index < -0.39 is 5.97 Å². The van der Waals surface area contributed by atoms with Crippen molar-refractivity contribution in [2.45, 2.75) is 26.2 Å². The summed E-state index contributed by atoms with van der Waals surface area (Å²) >= 11 is 0. The second-order valence-electron chi connectivity index (χ2n) is 3.29. The van der Waals surface area contributed by atoms with Crippen LogP contribution in [0.5, 0.6) is 0 Å². The fourth-order valence-corrected chi connectivity index (χ4v) is 0.882. The molecule has 0 radical (unpaired) electrons. The molecule has 0 saturated carbocycles. The first-order valence-electron chi connectivity index (χ1n) is 5.98. The number of carbonyl (C=O) groups is 2. The van der Waals surface area contributed by atoms with Crippen LogP contribution in [0.3, 0.4) is 0 Å². The Morgan fingerprint density at radius 2 is 1.65 bits per heavy atom. The van der Waals surface area contributed by atoms with Crippen molar-refractivity contribution in [2.75, 3.05) is 19.8 Å². The molecule has 0 heterocycles. The topological polar surface area (TPSA) is 101 Å². The summed E-state index contributed by atoms with van der Waals surface area (Å²) in [6, 6.07) is 0. The number of hydrogen-bond acceptors (Lipinski definition) is 5. The van der Waals surface area contributed by atoms with E-state index in [2.05, 4.69) is 33.7 Å². The highest BCUT2D eigenvalue weighted by atomic mass is 16.5. The molecule has 0 fully saturated rings. The molecule has 0 amide bonds.